The second kappa shape index (κ2) is 4.80. The Bertz CT molecular complexity index is 524. The number of hydrogen-bond acceptors (Lipinski definition) is 3. The maximum atomic E-state index is 6.14. The van der Waals surface area contributed by atoms with E-state index >= 15 is 0 Å². The first kappa shape index (κ1) is 12.0. The van der Waals surface area contributed by atoms with Crippen LogP contribution in [0.15, 0.2) is 24.5 Å². The van der Waals surface area contributed by atoms with Crippen LogP contribution in [-0.4, -0.2) is 15.0 Å². The van der Waals surface area contributed by atoms with Crippen molar-refractivity contribution >= 4 is 11.6 Å². The molecule has 0 atom stereocenters. The molecule has 0 bridgehead atoms. The lowest BCUT2D eigenvalue weighted by atomic mass is 10.1. The molecule has 2 heterocycles. The Balaban J connectivity index is 2.61. The predicted molar refractivity (Wildman–Crippen MR) is 69.1 cm³/mol. The minimum Gasteiger partial charge on any atom is -0.264 e. The van der Waals surface area contributed by atoms with Crippen LogP contribution in [0.1, 0.15) is 31.2 Å². The molecular formula is C13H14ClN3. The lowest BCUT2D eigenvalue weighted by Gasteiger charge is -2.10. The van der Waals surface area contributed by atoms with E-state index in [0.717, 1.165) is 22.6 Å². The standard InChI is InChI=1S/C13H14ClN3/c1-8(2)13-16-11(9(3)12(14)17-13)10-5-4-6-15-7-10/h4-8H,1-3H3. The molecule has 0 amide bonds. The third kappa shape index (κ3) is 2.44. The summed E-state index contributed by atoms with van der Waals surface area (Å²) in [5.74, 6) is 1.02. The summed E-state index contributed by atoms with van der Waals surface area (Å²) in [6.45, 7) is 6.02. The molecule has 0 saturated carbocycles. The van der Waals surface area contributed by atoms with E-state index in [9.17, 15) is 0 Å². The molecule has 0 N–H and O–H groups in total. The Kier molecular flexibility index (Phi) is 3.38. The molecule has 3 nitrogen and oxygen atoms in total. The van der Waals surface area contributed by atoms with Crippen molar-refractivity contribution < 1.29 is 0 Å². The monoisotopic (exact) mass is 247 g/mol. The average Bonchev–Trinajstić information content (AvgIpc) is 2.33. The first-order valence-corrected chi connectivity index (χ1v) is 5.92. The topological polar surface area (TPSA) is 38.7 Å². The van der Waals surface area contributed by atoms with Gasteiger partial charge in [0.25, 0.3) is 0 Å². The van der Waals surface area contributed by atoms with Crippen LogP contribution in [0.25, 0.3) is 11.3 Å². The van der Waals surface area contributed by atoms with Gasteiger partial charge in [-0.15, -0.1) is 0 Å². The Labute approximate surface area is 106 Å². The van der Waals surface area contributed by atoms with Crippen LogP contribution >= 0.6 is 11.6 Å². The summed E-state index contributed by atoms with van der Waals surface area (Å²) in [4.78, 5) is 13.0. The van der Waals surface area contributed by atoms with Gasteiger partial charge in [-0.3, -0.25) is 4.98 Å². The van der Waals surface area contributed by atoms with Crippen molar-refractivity contribution in [1.82, 2.24) is 15.0 Å². The molecule has 4 heteroatoms. The molecule has 0 aliphatic carbocycles. The summed E-state index contributed by atoms with van der Waals surface area (Å²) in [5.41, 5.74) is 2.72. The van der Waals surface area contributed by atoms with Gasteiger partial charge >= 0.3 is 0 Å². The fourth-order valence-corrected chi connectivity index (χ4v) is 1.72. The molecule has 2 rings (SSSR count). The number of rotatable bonds is 2. The summed E-state index contributed by atoms with van der Waals surface area (Å²) in [6.07, 6.45) is 3.53. The van der Waals surface area contributed by atoms with Gasteiger partial charge < -0.3 is 0 Å². The summed E-state index contributed by atoms with van der Waals surface area (Å²) >= 11 is 6.14. The normalized spacial score (nSPS) is 10.9. The second-order valence-electron chi connectivity index (χ2n) is 4.24. The van der Waals surface area contributed by atoms with E-state index in [1.807, 2.05) is 32.9 Å². The zero-order valence-corrected chi connectivity index (χ0v) is 10.9. The molecule has 88 valence electrons. The van der Waals surface area contributed by atoms with E-state index in [2.05, 4.69) is 15.0 Å². The van der Waals surface area contributed by atoms with Gasteiger partial charge in [0.2, 0.25) is 0 Å². The molecule has 2 aromatic rings. The number of hydrogen-bond donors (Lipinski definition) is 0. The quantitative estimate of drug-likeness (QED) is 0.761. The van der Waals surface area contributed by atoms with E-state index in [1.54, 1.807) is 12.4 Å². The van der Waals surface area contributed by atoms with Gasteiger partial charge in [-0.1, -0.05) is 25.4 Å². The van der Waals surface area contributed by atoms with E-state index in [4.69, 9.17) is 11.6 Å². The van der Waals surface area contributed by atoms with Gasteiger partial charge in [0.15, 0.2) is 0 Å². The minimum absolute atomic E-state index is 0.253. The van der Waals surface area contributed by atoms with Crippen molar-refractivity contribution in [2.45, 2.75) is 26.7 Å². The molecule has 2 aromatic heterocycles. The van der Waals surface area contributed by atoms with E-state index in [0.29, 0.717) is 5.15 Å². The molecule has 0 saturated heterocycles. The molecule has 0 spiro atoms. The van der Waals surface area contributed by atoms with Crippen LogP contribution < -0.4 is 0 Å². The van der Waals surface area contributed by atoms with E-state index in [-0.39, 0.29) is 5.92 Å². The molecule has 0 fully saturated rings. The van der Waals surface area contributed by atoms with Crippen molar-refractivity contribution in [3.05, 3.63) is 41.1 Å². The Morgan fingerprint density at radius 3 is 2.59 bits per heavy atom. The largest absolute Gasteiger partial charge is 0.264 e. The zero-order chi connectivity index (χ0) is 12.4. The van der Waals surface area contributed by atoms with Crippen molar-refractivity contribution in [3.8, 4) is 11.3 Å². The van der Waals surface area contributed by atoms with Gasteiger partial charge in [-0.05, 0) is 19.1 Å². The van der Waals surface area contributed by atoms with Crippen molar-refractivity contribution in [2.24, 2.45) is 0 Å². The zero-order valence-electron chi connectivity index (χ0n) is 10.1. The van der Waals surface area contributed by atoms with Crippen LogP contribution in [0.2, 0.25) is 5.15 Å². The van der Waals surface area contributed by atoms with Gasteiger partial charge in [-0.2, -0.15) is 0 Å². The smallest absolute Gasteiger partial charge is 0.136 e. The first-order chi connectivity index (χ1) is 8.09. The third-order valence-corrected chi connectivity index (χ3v) is 2.92. The molecule has 0 aromatic carbocycles. The molecule has 0 unspecified atom stereocenters. The lowest BCUT2D eigenvalue weighted by Crippen LogP contribution is -2.02. The van der Waals surface area contributed by atoms with Gasteiger partial charge in [0.05, 0.1) is 5.69 Å². The van der Waals surface area contributed by atoms with Gasteiger partial charge in [0.1, 0.15) is 11.0 Å². The summed E-state index contributed by atoms with van der Waals surface area (Å²) in [7, 11) is 0. The fourth-order valence-electron chi connectivity index (χ4n) is 1.55. The highest BCUT2D eigenvalue weighted by atomic mass is 35.5. The molecule has 17 heavy (non-hydrogen) atoms. The van der Waals surface area contributed by atoms with Crippen molar-refractivity contribution in [2.75, 3.05) is 0 Å². The fraction of sp³-hybridized carbons (Fsp3) is 0.308. The van der Waals surface area contributed by atoms with E-state index in [1.165, 1.54) is 0 Å². The predicted octanol–water partition coefficient (Wildman–Crippen LogP) is 3.62. The number of halogens is 1. The number of pyridine rings is 1. The Hall–Kier alpha value is -1.48. The van der Waals surface area contributed by atoms with Gasteiger partial charge in [0, 0.05) is 29.4 Å². The van der Waals surface area contributed by atoms with E-state index < -0.39 is 0 Å². The highest BCUT2D eigenvalue weighted by molar-refractivity contribution is 6.30. The lowest BCUT2D eigenvalue weighted by molar-refractivity contribution is 0.773. The third-order valence-electron chi connectivity index (χ3n) is 2.56. The van der Waals surface area contributed by atoms with Gasteiger partial charge in [-0.25, -0.2) is 9.97 Å². The van der Waals surface area contributed by atoms with Crippen LogP contribution in [0.5, 0.6) is 0 Å². The van der Waals surface area contributed by atoms with Crippen LogP contribution in [0, 0.1) is 6.92 Å². The molecular weight excluding hydrogens is 234 g/mol. The second-order valence-corrected chi connectivity index (χ2v) is 4.60. The summed E-state index contributed by atoms with van der Waals surface area (Å²) in [6, 6.07) is 3.86. The van der Waals surface area contributed by atoms with Crippen molar-refractivity contribution in [1.29, 1.82) is 0 Å². The highest BCUT2D eigenvalue weighted by Gasteiger charge is 2.13. The number of nitrogens with zero attached hydrogens (tertiary/aromatic N) is 3. The Morgan fingerprint density at radius 2 is 2.00 bits per heavy atom. The van der Waals surface area contributed by atoms with Crippen LogP contribution in [-0.2, 0) is 0 Å². The SMILES string of the molecule is Cc1c(Cl)nc(C(C)C)nc1-c1cccnc1. The van der Waals surface area contributed by atoms with Crippen LogP contribution in [0.4, 0.5) is 0 Å². The highest BCUT2D eigenvalue weighted by Crippen LogP contribution is 2.26. The average molecular weight is 248 g/mol. The minimum atomic E-state index is 0.253. The Morgan fingerprint density at radius 1 is 1.24 bits per heavy atom. The first-order valence-electron chi connectivity index (χ1n) is 5.54. The maximum absolute atomic E-state index is 6.14. The number of aromatic nitrogens is 3. The summed E-state index contributed by atoms with van der Waals surface area (Å²) in [5, 5.41) is 0.516. The van der Waals surface area contributed by atoms with Crippen LogP contribution in [0.3, 0.4) is 0 Å². The molecule has 0 aliphatic rings. The molecule has 0 aliphatic heterocycles. The maximum Gasteiger partial charge on any atom is 0.136 e. The summed E-state index contributed by atoms with van der Waals surface area (Å²) < 4.78 is 0. The molecule has 0 radical (unpaired) electrons. The van der Waals surface area contributed by atoms with Crippen molar-refractivity contribution in [3.63, 3.8) is 0 Å².